The number of fused-ring (bicyclic) bond motifs is 1. The number of halogens is 4. The first-order valence-corrected chi connectivity index (χ1v) is 10.4. The summed E-state index contributed by atoms with van der Waals surface area (Å²) < 4.78 is 55.3. The second-order valence-corrected chi connectivity index (χ2v) is 8.42. The van der Waals surface area contributed by atoms with Crippen molar-refractivity contribution in [2.75, 3.05) is 0 Å². The van der Waals surface area contributed by atoms with Crippen LogP contribution in [0, 0.1) is 23.6 Å². The maximum Gasteiger partial charge on any atom is 0.573 e. The Morgan fingerprint density at radius 1 is 0.926 bits per heavy atom. The topological polar surface area (TPSA) is 9.23 Å². The first-order valence-electron chi connectivity index (χ1n) is 10.4. The zero-order chi connectivity index (χ0) is 19.4. The van der Waals surface area contributed by atoms with E-state index in [0.717, 1.165) is 42.7 Å². The van der Waals surface area contributed by atoms with Crippen LogP contribution >= 0.6 is 0 Å². The summed E-state index contributed by atoms with van der Waals surface area (Å²) >= 11 is 0. The summed E-state index contributed by atoms with van der Waals surface area (Å²) in [5, 5.41) is 0. The van der Waals surface area contributed by atoms with Gasteiger partial charge in [-0.15, -0.1) is 13.2 Å². The van der Waals surface area contributed by atoms with Crippen LogP contribution in [0.3, 0.4) is 0 Å². The monoisotopic (exact) mass is 386 g/mol. The lowest BCUT2D eigenvalue weighted by atomic mass is 9.75. The predicted octanol–water partition coefficient (Wildman–Crippen LogP) is 7.22. The molecule has 0 saturated heterocycles. The second-order valence-electron chi connectivity index (χ2n) is 8.42. The average Bonchev–Trinajstić information content (AvgIpc) is 2.63. The SMILES string of the molecule is CCCC1CCC(CCC2CCc3c(ccc(OC(F)(F)F)c3F)C2)CC1. The summed E-state index contributed by atoms with van der Waals surface area (Å²) in [6, 6.07) is 2.74. The van der Waals surface area contributed by atoms with E-state index in [1.807, 2.05) is 0 Å². The van der Waals surface area contributed by atoms with Crippen molar-refractivity contribution in [1.82, 2.24) is 0 Å². The Hall–Kier alpha value is -1.26. The Morgan fingerprint density at radius 2 is 1.56 bits per heavy atom. The normalized spacial score (nSPS) is 25.9. The highest BCUT2D eigenvalue weighted by molar-refractivity contribution is 5.39. The lowest BCUT2D eigenvalue weighted by molar-refractivity contribution is -0.275. The molecule has 0 amide bonds. The molecule has 1 saturated carbocycles. The van der Waals surface area contributed by atoms with Crippen molar-refractivity contribution in [2.45, 2.75) is 83.9 Å². The molecule has 1 fully saturated rings. The molecule has 0 radical (unpaired) electrons. The van der Waals surface area contributed by atoms with Gasteiger partial charge in [-0.3, -0.25) is 0 Å². The Morgan fingerprint density at radius 3 is 2.19 bits per heavy atom. The van der Waals surface area contributed by atoms with Gasteiger partial charge in [0, 0.05) is 0 Å². The van der Waals surface area contributed by atoms with Crippen molar-refractivity contribution in [2.24, 2.45) is 17.8 Å². The minimum absolute atomic E-state index is 0.410. The highest BCUT2D eigenvalue weighted by Gasteiger charge is 2.34. The molecule has 0 bridgehead atoms. The number of alkyl halides is 3. The summed E-state index contributed by atoms with van der Waals surface area (Å²) in [5.74, 6) is 0.711. The molecule has 0 aliphatic heterocycles. The van der Waals surface area contributed by atoms with E-state index in [4.69, 9.17) is 0 Å². The van der Waals surface area contributed by atoms with Gasteiger partial charge in [0.05, 0.1) is 0 Å². The molecule has 152 valence electrons. The number of hydrogen-bond donors (Lipinski definition) is 0. The van der Waals surface area contributed by atoms with E-state index in [1.165, 1.54) is 44.9 Å². The van der Waals surface area contributed by atoms with Crippen molar-refractivity contribution < 1.29 is 22.3 Å². The molecular formula is C22H30F4O. The first kappa shape index (κ1) is 20.5. The molecule has 2 aliphatic carbocycles. The van der Waals surface area contributed by atoms with Gasteiger partial charge in [-0.2, -0.15) is 0 Å². The van der Waals surface area contributed by atoms with Crippen molar-refractivity contribution in [3.8, 4) is 5.75 Å². The van der Waals surface area contributed by atoms with E-state index in [1.54, 1.807) is 6.07 Å². The molecule has 27 heavy (non-hydrogen) atoms. The highest BCUT2D eigenvalue weighted by Crippen LogP contribution is 2.38. The van der Waals surface area contributed by atoms with Crippen molar-refractivity contribution in [3.63, 3.8) is 0 Å². The smallest absolute Gasteiger partial charge is 0.403 e. The molecular weight excluding hydrogens is 356 g/mol. The standard InChI is InChI=1S/C22H30F4O/c1-2-3-15-4-6-16(7-5-15)8-9-17-10-12-19-18(14-17)11-13-20(21(19)23)27-22(24,25)26/h11,13,15-17H,2-10,12,14H2,1H3. The maximum absolute atomic E-state index is 14.4. The molecule has 0 spiro atoms. The molecule has 0 N–H and O–H groups in total. The quantitative estimate of drug-likeness (QED) is 0.469. The van der Waals surface area contributed by atoms with Crippen LogP contribution in [0.25, 0.3) is 0 Å². The molecule has 2 aliphatic rings. The van der Waals surface area contributed by atoms with Crippen LogP contribution in [0.5, 0.6) is 5.75 Å². The fourth-order valence-electron chi connectivity index (χ4n) is 5.00. The fraction of sp³-hybridized carbons (Fsp3) is 0.727. The second kappa shape index (κ2) is 8.83. The third kappa shape index (κ3) is 5.61. The lowest BCUT2D eigenvalue weighted by Gasteiger charge is -2.31. The maximum atomic E-state index is 14.4. The molecule has 5 heteroatoms. The summed E-state index contributed by atoms with van der Waals surface area (Å²) in [6.07, 6.45) is 7.67. The van der Waals surface area contributed by atoms with Gasteiger partial charge in [-0.1, -0.05) is 57.9 Å². The van der Waals surface area contributed by atoms with E-state index in [2.05, 4.69) is 11.7 Å². The minimum Gasteiger partial charge on any atom is -0.403 e. The van der Waals surface area contributed by atoms with E-state index in [-0.39, 0.29) is 0 Å². The van der Waals surface area contributed by atoms with Gasteiger partial charge >= 0.3 is 6.36 Å². The molecule has 1 aromatic carbocycles. The van der Waals surface area contributed by atoms with Crippen LogP contribution in [0.1, 0.15) is 75.8 Å². The fourth-order valence-corrected chi connectivity index (χ4v) is 5.00. The Balaban J connectivity index is 1.51. The van der Waals surface area contributed by atoms with Crippen molar-refractivity contribution in [3.05, 3.63) is 29.1 Å². The van der Waals surface area contributed by atoms with Gasteiger partial charge in [0.2, 0.25) is 0 Å². The Kier molecular flexibility index (Phi) is 6.69. The van der Waals surface area contributed by atoms with Crippen LogP contribution in [0.4, 0.5) is 17.6 Å². The molecule has 3 rings (SSSR count). The molecule has 1 nitrogen and oxygen atoms in total. The summed E-state index contributed by atoms with van der Waals surface area (Å²) in [4.78, 5) is 0. The van der Waals surface area contributed by atoms with E-state index >= 15 is 0 Å². The van der Waals surface area contributed by atoms with E-state index in [9.17, 15) is 17.6 Å². The van der Waals surface area contributed by atoms with Crippen molar-refractivity contribution in [1.29, 1.82) is 0 Å². The van der Waals surface area contributed by atoms with Gasteiger partial charge in [0.25, 0.3) is 0 Å². The zero-order valence-corrected chi connectivity index (χ0v) is 16.1. The predicted molar refractivity (Wildman–Crippen MR) is 98.2 cm³/mol. The minimum atomic E-state index is -4.86. The van der Waals surface area contributed by atoms with Gasteiger partial charge in [-0.05, 0) is 60.6 Å². The van der Waals surface area contributed by atoms with Crippen LogP contribution < -0.4 is 4.74 Å². The first-order chi connectivity index (χ1) is 12.9. The lowest BCUT2D eigenvalue weighted by Crippen LogP contribution is -2.21. The Bertz CT molecular complexity index is 617. The average molecular weight is 386 g/mol. The Labute approximate surface area is 159 Å². The molecule has 1 atom stereocenters. The molecule has 0 heterocycles. The van der Waals surface area contributed by atoms with Crippen LogP contribution in [-0.2, 0) is 12.8 Å². The summed E-state index contributed by atoms with van der Waals surface area (Å²) in [7, 11) is 0. The van der Waals surface area contributed by atoms with Crippen molar-refractivity contribution >= 4 is 0 Å². The van der Waals surface area contributed by atoms with Crippen LogP contribution in [-0.4, -0.2) is 6.36 Å². The van der Waals surface area contributed by atoms with Gasteiger partial charge < -0.3 is 4.74 Å². The molecule has 0 aromatic heterocycles. The number of hydrogen-bond acceptors (Lipinski definition) is 1. The van der Waals surface area contributed by atoms with E-state index in [0.29, 0.717) is 17.9 Å². The largest absolute Gasteiger partial charge is 0.573 e. The van der Waals surface area contributed by atoms with Crippen LogP contribution in [0.15, 0.2) is 12.1 Å². The van der Waals surface area contributed by atoms with Gasteiger partial charge in [0.1, 0.15) is 0 Å². The molecule has 1 aromatic rings. The number of benzene rings is 1. The van der Waals surface area contributed by atoms with Gasteiger partial charge in [-0.25, -0.2) is 4.39 Å². The zero-order valence-electron chi connectivity index (χ0n) is 16.1. The summed E-state index contributed by atoms with van der Waals surface area (Å²) in [5.41, 5.74) is 1.26. The van der Waals surface area contributed by atoms with Gasteiger partial charge in [0.15, 0.2) is 11.6 Å². The van der Waals surface area contributed by atoms with Crippen LogP contribution in [0.2, 0.25) is 0 Å². The summed E-state index contributed by atoms with van der Waals surface area (Å²) in [6.45, 7) is 2.26. The highest BCUT2D eigenvalue weighted by atomic mass is 19.4. The third-order valence-corrected chi connectivity index (χ3v) is 6.49. The number of rotatable bonds is 6. The third-order valence-electron chi connectivity index (χ3n) is 6.49. The van der Waals surface area contributed by atoms with E-state index < -0.39 is 17.9 Å². The number of ether oxygens (including phenoxy) is 1. The molecule has 1 unspecified atom stereocenters.